The molecule has 0 bridgehead atoms. The van der Waals surface area contributed by atoms with E-state index in [1.54, 1.807) is 11.3 Å². The highest BCUT2D eigenvalue weighted by atomic mass is 35.5. The lowest BCUT2D eigenvalue weighted by Crippen LogP contribution is -2.06. The van der Waals surface area contributed by atoms with Crippen molar-refractivity contribution in [2.45, 2.75) is 25.9 Å². The highest BCUT2D eigenvalue weighted by molar-refractivity contribution is 7.19. The molecule has 0 amide bonds. The van der Waals surface area contributed by atoms with Crippen LogP contribution in [-0.2, 0) is 19.5 Å². The molecule has 0 radical (unpaired) electrons. The first-order chi connectivity index (χ1) is 7.79. The molecule has 2 N–H and O–H groups in total. The zero-order valence-corrected chi connectivity index (χ0v) is 10.3. The first-order valence-electron chi connectivity index (χ1n) is 5.33. The Morgan fingerprint density at radius 3 is 3.06 bits per heavy atom. The number of nitrogens with two attached hydrogens (primary N) is 1. The van der Waals surface area contributed by atoms with Gasteiger partial charge in [-0.3, -0.25) is 0 Å². The number of rotatable bonds is 2. The van der Waals surface area contributed by atoms with E-state index in [0.29, 0.717) is 6.54 Å². The van der Waals surface area contributed by atoms with Crippen LogP contribution < -0.4 is 5.73 Å². The average molecular weight is 254 g/mol. The van der Waals surface area contributed by atoms with Crippen molar-refractivity contribution in [3.8, 4) is 10.6 Å². The largest absolute Gasteiger partial charge is 0.330 e. The predicted molar refractivity (Wildman–Crippen MR) is 66.8 cm³/mol. The molecule has 84 valence electrons. The Morgan fingerprint density at radius 2 is 2.38 bits per heavy atom. The lowest BCUT2D eigenvalue weighted by molar-refractivity contribution is 0.689. The summed E-state index contributed by atoms with van der Waals surface area (Å²) in [5.41, 5.74) is 8.11. The highest BCUT2D eigenvalue weighted by Gasteiger charge is 2.22. The normalized spacial score (nSPS) is 14.4. The Bertz CT molecular complexity index is 529. The Balaban J connectivity index is 2.14. The summed E-state index contributed by atoms with van der Waals surface area (Å²) >= 11 is 7.54. The summed E-state index contributed by atoms with van der Waals surface area (Å²) in [5.74, 6) is 0.993. The van der Waals surface area contributed by atoms with E-state index in [2.05, 4.69) is 9.55 Å². The van der Waals surface area contributed by atoms with Crippen LogP contribution in [0.3, 0.4) is 0 Å². The Labute approximate surface area is 103 Å². The third-order valence-corrected chi connectivity index (χ3v) is 4.17. The SMILES string of the molecule is NCc1nc(-c2ccc(Cl)s2)c2n1CCC2. The van der Waals surface area contributed by atoms with Crippen LogP contribution in [0.5, 0.6) is 0 Å². The van der Waals surface area contributed by atoms with Crippen molar-refractivity contribution in [1.82, 2.24) is 9.55 Å². The first-order valence-corrected chi connectivity index (χ1v) is 6.53. The summed E-state index contributed by atoms with van der Waals surface area (Å²) in [5, 5.41) is 0. The van der Waals surface area contributed by atoms with E-state index >= 15 is 0 Å². The van der Waals surface area contributed by atoms with E-state index in [-0.39, 0.29) is 0 Å². The van der Waals surface area contributed by atoms with Gasteiger partial charge in [-0.2, -0.15) is 0 Å². The maximum Gasteiger partial charge on any atom is 0.123 e. The van der Waals surface area contributed by atoms with Gasteiger partial charge in [0.1, 0.15) is 11.5 Å². The van der Waals surface area contributed by atoms with Crippen molar-refractivity contribution >= 4 is 22.9 Å². The van der Waals surface area contributed by atoms with E-state index < -0.39 is 0 Å². The molecule has 0 fully saturated rings. The summed E-state index contributed by atoms with van der Waals surface area (Å²) in [4.78, 5) is 5.77. The van der Waals surface area contributed by atoms with E-state index in [0.717, 1.165) is 33.7 Å². The van der Waals surface area contributed by atoms with E-state index in [1.165, 1.54) is 12.1 Å². The number of imidazole rings is 1. The molecule has 2 aromatic rings. The smallest absolute Gasteiger partial charge is 0.123 e. The van der Waals surface area contributed by atoms with Gasteiger partial charge < -0.3 is 10.3 Å². The maximum absolute atomic E-state index is 5.96. The Hall–Kier alpha value is -0.840. The van der Waals surface area contributed by atoms with E-state index in [1.807, 2.05) is 12.1 Å². The molecule has 2 aromatic heterocycles. The molecular formula is C11H12ClN3S. The van der Waals surface area contributed by atoms with Crippen LogP contribution in [0.1, 0.15) is 17.9 Å². The van der Waals surface area contributed by atoms with Crippen molar-refractivity contribution < 1.29 is 0 Å². The molecule has 0 unspecified atom stereocenters. The molecule has 1 aliphatic heterocycles. The second kappa shape index (κ2) is 3.87. The number of hydrogen-bond acceptors (Lipinski definition) is 3. The van der Waals surface area contributed by atoms with Crippen LogP contribution in [0.25, 0.3) is 10.6 Å². The van der Waals surface area contributed by atoms with Crippen LogP contribution in [0.4, 0.5) is 0 Å². The summed E-state index contributed by atoms with van der Waals surface area (Å²) in [6.07, 6.45) is 2.29. The van der Waals surface area contributed by atoms with Gasteiger partial charge in [-0.15, -0.1) is 11.3 Å². The van der Waals surface area contributed by atoms with Crippen molar-refractivity contribution in [3.63, 3.8) is 0 Å². The number of halogens is 1. The Morgan fingerprint density at radius 1 is 1.50 bits per heavy atom. The number of thiophene rings is 1. The standard InChI is InChI=1S/C11H12ClN3S/c12-9-4-3-8(16-9)11-7-2-1-5-15(7)10(6-13)14-11/h3-4H,1-2,5-6,13H2. The minimum absolute atomic E-state index is 0.506. The number of hydrogen-bond donors (Lipinski definition) is 1. The molecule has 0 saturated heterocycles. The second-order valence-corrected chi connectivity index (χ2v) is 5.60. The first kappa shape index (κ1) is 10.3. The molecule has 3 rings (SSSR count). The minimum atomic E-state index is 0.506. The molecule has 3 heterocycles. The van der Waals surface area contributed by atoms with Crippen molar-refractivity contribution in [3.05, 3.63) is 28.0 Å². The molecule has 3 nitrogen and oxygen atoms in total. The molecule has 0 aliphatic carbocycles. The van der Waals surface area contributed by atoms with Gasteiger partial charge >= 0.3 is 0 Å². The highest BCUT2D eigenvalue weighted by Crippen LogP contribution is 2.35. The van der Waals surface area contributed by atoms with Gasteiger partial charge in [0, 0.05) is 12.2 Å². The number of aromatic nitrogens is 2. The lowest BCUT2D eigenvalue weighted by atomic mass is 10.2. The Kier molecular flexibility index (Phi) is 2.50. The molecule has 0 spiro atoms. The maximum atomic E-state index is 5.96. The number of fused-ring (bicyclic) bond motifs is 1. The fourth-order valence-corrected chi connectivity index (χ4v) is 3.31. The van der Waals surface area contributed by atoms with Crippen molar-refractivity contribution in [2.24, 2.45) is 5.73 Å². The van der Waals surface area contributed by atoms with E-state index in [9.17, 15) is 0 Å². The third-order valence-electron chi connectivity index (χ3n) is 2.94. The summed E-state index contributed by atoms with van der Waals surface area (Å²) in [6, 6.07) is 3.96. The second-order valence-electron chi connectivity index (χ2n) is 3.89. The summed E-state index contributed by atoms with van der Waals surface area (Å²) < 4.78 is 3.06. The zero-order valence-electron chi connectivity index (χ0n) is 8.74. The topological polar surface area (TPSA) is 43.8 Å². The van der Waals surface area contributed by atoms with Crippen molar-refractivity contribution in [2.75, 3.05) is 0 Å². The van der Waals surface area contributed by atoms with Crippen LogP contribution >= 0.6 is 22.9 Å². The molecular weight excluding hydrogens is 242 g/mol. The quantitative estimate of drug-likeness (QED) is 0.894. The van der Waals surface area contributed by atoms with Gasteiger partial charge in [-0.25, -0.2) is 4.98 Å². The van der Waals surface area contributed by atoms with Crippen LogP contribution in [0.15, 0.2) is 12.1 Å². The van der Waals surface area contributed by atoms with E-state index in [4.69, 9.17) is 17.3 Å². The molecule has 5 heteroatoms. The van der Waals surface area contributed by atoms with Crippen LogP contribution in [-0.4, -0.2) is 9.55 Å². The van der Waals surface area contributed by atoms with Crippen LogP contribution in [0, 0.1) is 0 Å². The number of nitrogens with zero attached hydrogens (tertiary/aromatic N) is 2. The van der Waals surface area contributed by atoms with Gasteiger partial charge in [-0.1, -0.05) is 11.6 Å². The monoisotopic (exact) mass is 253 g/mol. The van der Waals surface area contributed by atoms with Gasteiger partial charge in [0.05, 0.1) is 15.8 Å². The average Bonchev–Trinajstić information content (AvgIpc) is 2.92. The van der Waals surface area contributed by atoms with Gasteiger partial charge in [0.2, 0.25) is 0 Å². The fourth-order valence-electron chi connectivity index (χ4n) is 2.25. The van der Waals surface area contributed by atoms with Crippen LogP contribution in [0.2, 0.25) is 4.34 Å². The summed E-state index contributed by atoms with van der Waals surface area (Å²) in [6.45, 7) is 1.56. The molecule has 0 atom stereocenters. The molecule has 0 saturated carbocycles. The molecule has 0 aromatic carbocycles. The summed E-state index contributed by atoms with van der Waals surface area (Å²) in [7, 11) is 0. The lowest BCUT2D eigenvalue weighted by Gasteiger charge is -1.99. The predicted octanol–water partition coefficient (Wildman–Crippen LogP) is 2.67. The zero-order chi connectivity index (χ0) is 11.1. The fraction of sp³-hybridized carbons (Fsp3) is 0.364. The van der Waals surface area contributed by atoms with Gasteiger partial charge in [0.15, 0.2) is 0 Å². The van der Waals surface area contributed by atoms with Gasteiger partial charge in [0.25, 0.3) is 0 Å². The minimum Gasteiger partial charge on any atom is -0.330 e. The van der Waals surface area contributed by atoms with Crippen molar-refractivity contribution in [1.29, 1.82) is 0 Å². The van der Waals surface area contributed by atoms with Gasteiger partial charge in [-0.05, 0) is 25.0 Å². The molecule has 16 heavy (non-hydrogen) atoms. The molecule has 1 aliphatic rings. The third kappa shape index (κ3) is 1.49.